The number of oxazole rings is 1. The number of anilines is 3. The smallest absolute Gasteiger partial charge is 0.302 e. The van der Waals surface area contributed by atoms with Gasteiger partial charge in [0.05, 0.1) is 60.4 Å². The van der Waals surface area contributed by atoms with E-state index in [9.17, 15) is 0 Å². The number of hydrogen-bond acceptors (Lipinski definition) is 9. The van der Waals surface area contributed by atoms with Crippen molar-refractivity contribution in [3.05, 3.63) is 95.9 Å². The molecule has 42 heavy (non-hydrogen) atoms. The monoisotopic (exact) mass is 573 g/mol. The van der Waals surface area contributed by atoms with Crippen molar-refractivity contribution < 1.29 is 28.1 Å². The van der Waals surface area contributed by atoms with E-state index in [4.69, 9.17) is 33.1 Å². The molecule has 9 heteroatoms. The zero-order valence-corrected chi connectivity index (χ0v) is 24.4. The molecule has 0 saturated carbocycles. The van der Waals surface area contributed by atoms with E-state index in [1.54, 1.807) is 20.5 Å². The fraction of sp³-hybridized carbons (Fsp3) is 0.364. The van der Waals surface area contributed by atoms with Crippen molar-refractivity contribution in [2.75, 3.05) is 70.1 Å². The van der Waals surface area contributed by atoms with Crippen LogP contribution in [0.5, 0.6) is 11.5 Å². The van der Waals surface area contributed by atoms with E-state index in [0.29, 0.717) is 39.0 Å². The lowest BCUT2D eigenvalue weighted by molar-refractivity contribution is 0.0405. The number of benzene rings is 3. The Hall–Kier alpha value is -4.05. The number of morpholine rings is 1. The molecule has 1 aliphatic rings. The molecule has 0 spiro atoms. The van der Waals surface area contributed by atoms with Gasteiger partial charge in [0, 0.05) is 24.5 Å². The van der Waals surface area contributed by atoms with Crippen LogP contribution in [0.25, 0.3) is 0 Å². The lowest BCUT2D eigenvalue weighted by Gasteiger charge is -2.30. The molecule has 3 aromatic carbocycles. The van der Waals surface area contributed by atoms with Crippen molar-refractivity contribution in [2.24, 2.45) is 0 Å². The van der Waals surface area contributed by atoms with Crippen LogP contribution in [0.4, 0.5) is 17.4 Å². The molecule has 0 bridgehead atoms. The summed E-state index contributed by atoms with van der Waals surface area (Å²) in [5.74, 6) is 1.66. The fourth-order valence-electron chi connectivity index (χ4n) is 4.80. The Labute approximate surface area is 247 Å². The van der Waals surface area contributed by atoms with Crippen molar-refractivity contribution in [3.8, 4) is 11.5 Å². The second kappa shape index (κ2) is 15.3. The molecule has 0 unspecified atom stereocenters. The zero-order chi connectivity index (χ0) is 29.0. The fourth-order valence-corrected chi connectivity index (χ4v) is 4.80. The number of methoxy groups -OCH3 is 2. The van der Waals surface area contributed by atoms with E-state index < -0.39 is 0 Å². The lowest BCUT2D eigenvalue weighted by atomic mass is 10.1. The van der Waals surface area contributed by atoms with Gasteiger partial charge >= 0.3 is 6.01 Å². The van der Waals surface area contributed by atoms with Crippen LogP contribution in [0.2, 0.25) is 0 Å². The molecule has 1 aliphatic heterocycles. The molecular formula is C33H39N3O6. The molecule has 0 aliphatic carbocycles. The summed E-state index contributed by atoms with van der Waals surface area (Å²) in [5.41, 5.74) is 5.11. The van der Waals surface area contributed by atoms with Crippen LogP contribution in [-0.4, -0.2) is 65.3 Å². The van der Waals surface area contributed by atoms with E-state index in [1.165, 1.54) is 5.56 Å². The molecule has 0 N–H and O–H groups in total. The topological polar surface area (TPSA) is 78.7 Å². The third kappa shape index (κ3) is 8.25. The van der Waals surface area contributed by atoms with E-state index >= 15 is 0 Å². The van der Waals surface area contributed by atoms with Gasteiger partial charge in [0.2, 0.25) is 0 Å². The average Bonchev–Trinajstić information content (AvgIpc) is 3.52. The minimum absolute atomic E-state index is 0.337. The summed E-state index contributed by atoms with van der Waals surface area (Å²) in [6, 6.07) is 25.0. The van der Waals surface area contributed by atoms with E-state index in [2.05, 4.69) is 46.2 Å². The summed E-state index contributed by atoms with van der Waals surface area (Å²) in [7, 11) is 3.35. The van der Waals surface area contributed by atoms with Crippen molar-refractivity contribution in [2.45, 2.75) is 19.6 Å². The first-order valence-electron chi connectivity index (χ1n) is 14.3. The van der Waals surface area contributed by atoms with Gasteiger partial charge in [-0.3, -0.25) is 4.90 Å². The van der Waals surface area contributed by atoms with Gasteiger partial charge in [0.25, 0.3) is 0 Å². The van der Waals surface area contributed by atoms with Crippen molar-refractivity contribution in [3.63, 3.8) is 0 Å². The van der Waals surface area contributed by atoms with Crippen LogP contribution in [0.1, 0.15) is 16.8 Å². The highest BCUT2D eigenvalue weighted by Gasteiger charge is 2.19. The Bertz CT molecular complexity index is 1390. The standard InChI is InChI=1S/C33H39N3O6/c1-37-31-10-3-6-26(20-31)12-15-39-18-19-41-24-28-25-42-33(34-28)36(23-27-7-4-11-32(21-27)38-2)30-9-5-8-29(22-30)35-13-16-40-17-14-35/h3-11,20-22,25H,12-19,23-24H2,1-2H3. The van der Waals surface area contributed by atoms with Gasteiger partial charge < -0.3 is 33.0 Å². The summed E-state index contributed by atoms with van der Waals surface area (Å²) in [4.78, 5) is 9.19. The highest BCUT2D eigenvalue weighted by Crippen LogP contribution is 2.31. The maximum Gasteiger partial charge on any atom is 0.302 e. The van der Waals surface area contributed by atoms with E-state index in [1.807, 2.05) is 36.4 Å². The SMILES string of the molecule is COc1cccc(CCOCCOCc2coc(N(Cc3cccc(OC)c3)c3cccc(N4CCOCC4)c3)n2)c1. The molecule has 5 rings (SSSR count). The molecule has 1 fully saturated rings. The molecule has 222 valence electrons. The van der Waals surface area contributed by atoms with Gasteiger partial charge in [-0.15, -0.1) is 0 Å². The average molecular weight is 574 g/mol. The van der Waals surface area contributed by atoms with Crippen molar-refractivity contribution in [1.29, 1.82) is 0 Å². The normalized spacial score (nSPS) is 13.2. The van der Waals surface area contributed by atoms with Crippen LogP contribution >= 0.6 is 0 Å². The molecule has 0 amide bonds. The second-order valence-electron chi connectivity index (χ2n) is 9.94. The summed E-state index contributed by atoms with van der Waals surface area (Å²) < 4.78 is 33.9. The Balaban J connectivity index is 1.19. The Morgan fingerprint density at radius 1 is 0.810 bits per heavy atom. The Morgan fingerprint density at radius 2 is 1.52 bits per heavy atom. The first-order valence-corrected chi connectivity index (χ1v) is 14.3. The zero-order valence-electron chi connectivity index (χ0n) is 24.4. The predicted octanol–water partition coefficient (Wildman–Crippen LogP) is 5.64. The number of ether oxygens (including phenoxy) is 5. The maximum atomic E-state index is 5.99. The summed E-state index contributed by atoms with van der Waals surface area (Å²) in [6.07, 6.45) is 2.48. The second-order valence-corrected chi connectivity index (χ2v) is 9.94. The summed E-state index contributed by atoms with van der Waals surface area (Å²) in [5, 5.41) is 0. The first kappa shape index (κ1) is 29.4. The summed E-state index contributed by atoms with van der Waals surface area (Å²) in [6.45, 7) is 5.68. The highest BCUT2D eigenvalue weighted by molar-refractivity contribution is 5.64. The van der Waals surface area contributed by atoms with Gasteiger partial charge in [-0.05, 0) is 60.0 Å². The molecule has 1 saturated heterocycles. The Morgan fingerprint density at radius 3 is 2.31 bits per heavy atom. The first-order chi connectivity index (χ1) is 20.7. The molecular weight excluding hydrogens is 534 g/mol. The lowest BCUT2D eigenvalue weighted by Crippen LogP contribution is -2.36. The molecule has 4 aromatic rings. The van der Waals surface area contributed by atoms with Gasteiger partial charge in [-0.1, -0.05) is 30.3 Å². The van der Waals surface area contributed by atoms with Crippen LogP contribution < -0.4 is 19.3 Å². The minimum atomic E-state index is 0.337. The van der Waals surface area contributed by atoms with Gasteiger partial charge in [0.1, 0.15) is 23.5 Å². The minimum Gasteiger partial charge on any atom is -0.497 e. The molecule has 1 aromatic heterocycles. The highest BCUT2D eigenvalue weighted by atomic mass is 16.5. The van der Waals surface area contributed by atoms with Crippen LogP contribution in [-0.2, 0) is 33.8 Å². The van der Waals surface area contributed by atoms with Crippen LogP contribution in [0.3, 0.4) is 0 Å². The number of rotatable bonds is 15. The predicted molar refractivity (Wildman–Crippen MR) is 162 cm³/mol. The maximum absolute atomic E-state index is 5.99. The molecule has 0 atom stereocenters. The largest absolute Gasteiger partial charge is 0.497 e. The van der Waals surface area contributed by atoms with Crippen molar-refractivity contribution in [1.82, 2.24) is 4.98 Å². The number of hydrogen-bond donors (Lipinski definition) is 0. The number of aromatic nitrogens is 1. The van der Waals surface area contributed by atoms with Crippen molar-refractivity contribution >= 4 is 17.4 Å². The van der Waals surface area contributed by atoms with Gasteiger partial charge in [-0.25, -0.2) is 0 Å². The number of nitrogens with zero attached hydrogens (tertiary/aromatic N) is 3. The molecule has 9 nitrogen and oxygen atoms in total. The van der Waals surface area contributed by atoms with Gasteiger partial charge in [0.15, 0.2) is 0 Å². The quantitative estimate of drug-likeness (QED) is 0.168. The van der Waals surface area contributed by atoms with E-state index in [-0.39, 0.29) is 0 Å². The third-order valence-corrected chi connectivity index (χ3v) is 7.05. The van der Waals surface area contributed by atoms with Crippen LogP contribution in [0.15, 0.2) is 83.5 Å². The van der Waals surface area contributed by atoms with Gasteiger partial charge in [-0.2, -0.15) is 4.98 Å². The molecule has 0 radical (unpaired) electrons. The van der Waals surface area contributed by atoms with E-state index in [0.717, 1.165) is 66.9 Å². The van der Waals surface area contributed by atoms with Crippen LogP contribution in [0, 0.1) is 0 Å². The Kier molecular flexibility index (Phi) is 10.7. The molecule has 2 heterocycles. The third-order valence-electron chi connectivity index (χ3n) is 7.05. The summed E-state index contributed by atoms with van der Waals surface area (Å²) >= 11 is 0.